The molecule has 0 N–H and O–H groups in total. The highest BCUT2D eigenvalue weighted by molar-refractivity contribution is 5.84. The maximum Gasteiger partial charge on any atom is 0.119 e. The first-order chi connectivity index (χ1) is 9.76. The molecular weight excluding hydrogens is 244 g/mol. The van der Waals surface area contributed by atoms with Crippen molar-refractivity contribution < 1.29 is 4.74 Å². The van der Waals surface area contributed by atoms with Crippen molar-refractivity contribution in [1.29, 1.82) is 0 Å². The van der Waals surface area contributed by atoms with E-state index in [4.69, 9.17) is 4.74 Å². The number of ether oxygens (including phenoxy) is 1. The molecule has 1 fully saturated rings. The van der Waals surface area contributed by atoms with E-state index in [2.05, 4.69) is 43.3 Å². The van der Waals surface area contributed by atoms with Gasteiger partial charge in [-0.2, -0.15) is 0 Å². The zero-order valence-electron chi connectivity index (χ0n) is 12.6. The number of hydrogen-bond acceptors (Lipinski definition) is 1. The van der Waals surface area contributed by atoms with E-state index in [1.54, 1.807) is 0 Å². The van der Waals surface area contributed by atoms with Gasteiger partial charge in [-0.05, 0) is 60.1 Å². The fraction of sp³-hybridized carbons (Fsp3) is 0.474. The molecule has 0 aliphatic heterocycles. The van der Waals surface area contributed by atoms with Gasteiger partial charge in [0.25, 0.3) is 0 Å². The lowest BCUT2D eigenvalue weighted by Crippen LogP contribution is -2.10. The van der Waals surface area contributed by atoms with Crippen LogP contribution >= 0.6 is 0 Å². The molecule has 3 rings (SSSR count). The van der Waals surface area contributed by atoms with Gasteiger partial charge in [0.05, 0.1) is 6.61 Å². The van der Waals surface area contributed by atoms with Crippen molar-refractivity contribution >= 4 is 10.8 Å². The molecule has 1 nitrogen and oxygen atoms in total. The highest BCUT2D eigenvalue weighted by Gasteiger charge is 2.19. The molecule has 1 aliphatic carbocycles. The minimum absolute atomic E-state index is 0.726. The van der Waals surface area contributed by atoms with E-state index in [9.17, 15) is 0 Å². The van der Waals surface area contributed by atoms with Gasteiger partial charge in [0, 0.05) is 0 Å². The first kappa shape index (κ1) is 13.5. The van der Waals surface area contributed by atoms with Gasteiger partial charge in [-0.3, -0.25) is 0 Å². The van der Waals surface area contributed by atoms with Crippen molar-refractivity contribution in [2.75, 3.05) is 6.61 Å². The van der Waals surface area contributed by atoms with Gasteiger partial charge in [0.15, 0.2) is 0 Å². The van der Waals surface area contributed by atoms with Crippen molar-refractivity contribution in [3.63, 3.8) is 0 Å². The third kappa shape index (κ3) is 2.82. The number of benzene rings is 2. The molecule has 106 valence electrons. The second-order valence-corrected chi connectivity index (χ2v) is 6.16. The molecule has 0 spiro atoms. The summed E-state index contributed by atoms with van der Waals surface area (Å²) in [6.07, 6.45) is 5.46. The SMILES string of the molecule is CCOc1ccc2cc([C@H]3CC[C@H](C)CC3)ccc2c1. The Morgan fingerprint density at radius 3 is 2.40 bits per heavy atom. The maximum absolute atomic E-state index is 5.57. The van der Waals surface area contributed by atoms with Gasteiger partial charge in [0.1, 0.15) is 5.75 Å². The Balaban J connectivity index is 1.85. The molecule has 1 saturated carbocycles. The number of hydrogen-bond donors (Lipinski definition) is 0. The van der Waals surface area contributed by atoms with Crippen molar-refractivity contribution in [3.05, 3.63) is 42.0 Å². The van der Waals surface area contributed by atoms with Crippen LogP contribution in [0.5, 0.6) is 5.75 Å². The summed E-state index contributed by atoms with van der Waals surface area (Å²) in [4.78, 5) is 0. The quantitative estimate of drug-likeness (QED) is 0.711. The molecule has 0 unspecified atom stereocenters. The summed E-state index contributed by atoms with van der Waals surface area (Å²) in [6, 6.07) is 13.4. The average Bonchev–Trinajstić information content (AvgIpc) is 2.48. The Labute approximate surface area is 122 Å². The lowest BCUT2D eigenvalue weighted by atomic mass is 9.79. The smallest absolute Gasteiger partial charge is 0.119 e. The molecule has 0 saturated heterocycles. The van der Waals surface area contributed by atoms with Gasteiger partial charge in [-0.25, -0.2) is 0 Å². The van der Waals surface area contributed by atoms with Gasteiger partial charge in [-0.1, -0.05) is 44.0 Å². The summed E-state index contributed by atoms with van der Waals surface area (Å²) in [5, 5.41) is 2.62. The summed E-state index contributed by atoms with van der Waals surface area (Å²) in [7, 11) is 0. The zero-order valence-corrected chi connectivity index (χ0v) is 12.6. The molecular formula is C19H24O. The first-order valence-corrected chi connectivity index (χ1v) is 7.92. The van der Waals surface area contributed by atoms with E-state index >= 15 is 0 Å². The van der Waals surface area contributed by atoms with E-state index in [-0.39, 0.29) is 0 Å². The Hall–Kier alpha value is -1.50. The minimum Gasteiger partial charge on any atom is -0.494 e. The molecule has 0 amide bonds. The molecule has 1 aliphatic rings. The van der Waals surface area contributed by atoms with Gasteiger partial charge < -0.3 is 4.74 Å². The van der Waals surface area contributed by atoms with Crippen LogP contribution in [0.4, 0.5) is 0 Å². The topological polar surface area (TPSA) is 9.23 Å². The van der Waals surface area contributed by atoms with Crippen LogP contribution in [0.15, 0.2) is 36.4 Å². The summed E-state index contributed by atoms with van der Waals surface area (Å²) in [5.74, 6) is 2.65. The van der Waals surface area contributed by atoms with Crippen molar-refractivity contribution in [3.8, 4) is 5.75 Å². The second-order valence-electron chi connectivity index (χ2n) is 6.16. The summed E-state index contributed by atoms with van der Waals surface area (Å²) in [5.41, 5.74) is 1.52. The van der Waals surface area contributed by atoms with Crippen molar-refractivity contribution in [2.24, 2.45) is 5.92 Å². The third-order valence-electron chi connectivity index (χ3n) is 4.63. The predicted molar refractivity (Wildman–Crippen MR) is 85.5 cm³/mol. The first-order valence-electron chi connectivity index (χ1n) is 7.92. The van der Waals surface area contributed by atoms with Crippen LogP contribution in [0, 0.1) is 5.92 Å². The van der Waals surface area contributed by atoms with Crippen LogP contribution in [-0.4, -0.2) is 6.61 Å². The Kier molecular flexibility index (Phi) is 3.95. The molecule has 2 aromatic rings. The number of fused-ring (bicyclic) bond motifs is 1. The normalized spacial score (nSPS) is 22.9. The molecule has 0 aromatic heterocycles. The van der Waals surface area contributed by atoms with E-state index < -0.39 is 0 Å². The molecule has 20 heavy (non-hydrogen) atoms. The molecule has 0 bridgehead atoms. The van der Waals surface area contributed by atoms with Crippen LogP contribution in [0.25, 0.3) is 10.8 Å². The largest absolute Gasteiger partial charge is 0.494 e. The lowest BCUT2D eigenvalue weighted by Gasteiger charge is -2.26. The van der Waals surface area contributed by atoms with Crippen LogP contribution in [0.2, 0.25) is 0 Å². The molecule has 0 radical (unpaired) electrons. The predicted octanol–water partition coefficient (Wildman–Crippen LogP) is 5.53. The van der Waals surface area contributed by atoms with Crippen LogP contribution < -0.4 is 4.74 Å². The van der Waals surface area contributed by atoms with Crippen molar-refractivity contribution in [1.82, 2.24) is 0 Å². The van der Waals surface area contributed by atoms with Gasteiger partial charge in [-0.15, -0.1) is 0 Å². The van der Waals surface area contributed by atoms with Crippen LogP contribution in [0.3, 0.4) is 0 Å². The second kappa shape index (κ2) is 5.87. The van der Waals surface area contributed by atoms with Gasteiger partial charge in [0.2, 0.25) is 0 Å². The minimum atomic E-state index is 0.726. The Bertz CT molecular complexity index is 579. The van der Waals surface area contributed by atoms with Crippen LogP contribution in [0.1, 0.15) is 51.0 Å². The fourth-order valence-electron chi connectivity index (χ4n) is 3.35. The van der Waals surface area contributed by atoms with Crippen molar-refractivity contribution in [2.45, 2.75) is 45.4 Å². The molecule has 0 heterocycles. The Morgan fingerprint density at radius 1 is 0.950 bits per heavy atom. The molecule has 0 atom stereocenters. The van der Waals surface area contributed by atoms with E-state index in [1.165, 1.54) is 42.0 Å². The fourth-order valence-corrected chi connectivity index (χ4v) is 3.35. The molecule has 1 heteroatoms. The molecule has 2 aromatic carbocycles. The third-order valence-corrected chi connectivity index (χ3v) is 4.63. The summed E-state index contributed by atoms with van der Waals surface area (Å²) in [6.45, 7) is 5.13. The summed E-state index contributed by atoms with van der Waals surface area (Å²) < 4.78 is 5.57. The van der Waals surface area contributed by atoms with Crippen LogP contribution in [-0.2, 0) is 0 Å². The zero-order chi connectivity index (χ0) is 13.9. The monoisotopic (exact) mass is 268 g/mol. The lowest BCUT2D eigenvalue weighted by molar-refractivity contribution is 0.340. The highest BCUT2D eigenvalue weighted by atomic mass is 16.5. The van der Waals surface area contributed by atoms with E-state index in [0.717, 1.165) is 24.2 Å². The highest BCUT2D eigenvalue weighted by Crippen LogP contribution is 2.36. The van der Waals surface area contributed by atoms with E-state index in [1.807, 2.05) is 6.92 Å². The summed E-state index contributed by atoms with van der Waals surface area (Å²) >= 11 is 0. The standard InChI is InChI=1S/C19H24O/c1-3-20-19-11-10-17-12-16(8-9-18(17)13-19)15-6-4-14(2)5-7-15/h8-15H,3-7H2,1-2H3/t14-,15-. The van der Waals surface area contributed by atoms with Gasteiger partial charge >= 0.3 is 0 Å². The number of rotatable bonds is 3. The maximum atomic E-state index is 5.57. The van der Waals surface area contributed by atoms with E-state index in [0.29, 0.717) is 0 Å². The Morgan fingerprint density at radius 2 is 1.65 bits per heavy atom. The average molecular weight is 268 g/mol.